The number of fused-ring (bicyclic) bond motifs is 1. The first-order valence-corrected chi connectivity index (χ1v) is 10.1. The Morgan fingerprint density at radius 2 is 1.85 bits per heavy atom. The van der Waals surface area contributed by atoms with E-state index in [4.69, 9.17) is 4.98 Å². The lowest BCUT2D eigenvalue weighted by Crippen LogP contribution is -2.33. The number of hydrogen-bond donors (Lipinski definition) is 0. The van der Waals surface area contributed by atoms with E-state index in [1.54, 1.807) is 0 Å². The summed E-state index contributed by atoms with van der Waals surface area (Å²) in [5.41, 5.74) is 2.09. The highest BCUT2D eigenvalue weighted by atomic mass is 32.1. The summed E-state index contributed by atoms with van der Waals surface area (Å²) in [4.78, 5) is 7.39. The number of rotatable bonds is 4. The summed E-state index contributed by atoms with van der Waals surface area (Å²) in [7, 11) is 0. The summed E-state index contributed by atoms with van der Waals surface area (Å²) in [6.45, 7) is 1.77. The standard InChI is InChI=1S/C20H20N6S/c1-2-8-15(9-3-1)26-19(22-23-24-26)14-25-13-7-6-11-17(25)20-21-16-10-4-5-12-18(16)27-20/h1-5,8-10,12,17H,6-7,11,13-14H2/t17-/m0/s1. The zero-order valence-electron chi connectivity index (χ0n) is 14.9. The summed E-state index contributed by atoms with van der Waals surface area (Å²) >= 11 is 1.81. The van der Waals surface area contributed by atoms with E-state index in [0.717, 1.165) is 36.5 Å². The molecule has 1 atom stereocenters. The number of likely N-dealkylation sites (tertiary alicyclic amines) is 1. The molecule has 136 valence electrons. The van der Waals surface area contributed by atoms with E-state index in [0.29, 0.717) is 6.04 Å². The third-order valence-electron chi connectivity index (χ3n) is 5.09. The molecule has 5 rings (SSSR count). The van der Waals surface area contributed by atoms with Gasteiger partial charge >= 0.3 is 0 Å². The van der Waals surface area contributed by atoms with Gasteiger partial charge in [0.25, 0.3) is 0 Å². The van der Waals surface area contributed by atoms with Gasteiger partial charge in [-0.15, -0.1) is 16.4 Å². The number of piperidine rings is 1. The highest BCUT2D eigenvalue weighted by Crippen LogP contribution is 2.36. The lowest BCUT2D eigenvalue weighted by Gasteiger charge is -2.33. The Labute approximate surface area is 161 Å². The number of aromatic nitrogens is 5. The molecule has 0 N–H and O–H groups in total. The van der Waals surface area contributed by atoms with Gasteiger partial charge in [0.1, 0.15) is 5.01 Å². The number of para-hydroxylation sites is 2. The first-order valence-electron chi connectivity index (χ1n) is 9.31. The van der Waals surface area contributed by atoms with Crippen LogP contribution in [0.4, 0.5) is 0 Å². The molecule has 0 unspecified atom stereocenters. The summed E-state index contributed by atoms with van der Waals surface area (Å²) < 4.78 is 3.09. The van der Waals surface area contributed by atoms with Crippen molar-refractivity contribution in [3.8, 4) is 5.69 Å². The fraction of sp³-hybridized carbons (Fsp3) is 0.300. The van der Waals surface area contributed by atoms with Crippen molar-refractivity contribution in [2.75, 3.05) is 6.54 Å². The van der Waals surface area contributed by atoms with E-state index in [2.05, 4.69) is 44.7 Å². The summed E-state index contributed by atoms with van der Waals surface area (Å²) in [5.74, 6) is 0.870. The highest BCUT2D eigenvalue weighted by molar-refractivity contribution is 7.18. The quantitative estimate of drug-likeness (QED) is 0.539. The van der Waals surface area contributed by atoms with Gasteiger partial charge in [-0.3, -0.25) is 4.90 Å². The van der Waals surface area contributed by atoms with Crippen molar-refractivity contribution in [3.63, 3.8) is 0 Å². The Balaban J connectivity index is 1.44. The van der Waals surface area contributed by atoms with E-state index in [1.165, 1.54) is 22.5 Å². The van der Waals surface area contributed by atoms with E-state index >= 15 is 0 Å². The number of thiazole rings is 1. The minimum Gasteiger partial charge on any atom is -0.286 e. The van der Waals surface area contributed by atoms with Crippen LogP contribution in [-0.4, -0.2) is 36.6 Å². The molecule has 2 aromatic heterocycles. The van der Waals surface area contributed by atoms with Gasteiger partial charge in [0.05, 0.1) is 28.5 Å². The van der Waals surface area contributed by atoms with Crippen LogP contribution in [0.25, 0.3) is 15.9 Å². The molecule has 0 aliphatic carbocycles. The molecule has 0 saturated carbocycles. The fourth-order valence-corrected chi connectivity index (χ4v) is 4.89. The van der Waals surface area contributed by atoms with Crippen LogP contribution in [0.2, 0.25) is 0 Å². The van der Waals surface area contributed by atoms with Crippen molar-refractivity contribution >= 4 is 21.6 Å². The molecule has 6 nitrogen and oxygen atoms in total. The molecule has 1 aliphatic rings. The first-order chi connectivity index (χ1) is 13.4. The van der Waals surface area contributed by atoms with Crippen LogP contribution in [0.15, 0.2) is 54.6 Å². The summed E-state index contributed by atoms with van der Waals surface area (Å²) in [5, 5.41) is 13.6. The van der Waals surface area contributed by atoms with E-state index < -0.39 is 0 Å². The zero-order chi connectivity index (χ0) is 18.1. The van der Waals surface area contributed by atoms with Gasteiger partial charge in [-0.2, -0.15) is 4.68 Å². The van der Waals surface area contributed by atoms with Gasteiger partial charge in [0, 0.05) is 0 Å². The van der Waals surface area contributed by atoms with Crippen LogP contribution in [0, 0.1) is 0 Å². The van der Waals surface area contributed by atoms with E-state index in [9.17, 15) is 0 Å². The monoisotopic (exact) mass is 376 g/mol. The molecular formula is C20H20N6S. The maximum atomic E-state index is 4.91. The normalized spacial score (nSPS) is 18.1. The maximum absolute atomic E-state index is 4.91. The Hall–Kier alpha value is -2.64. The molecule has 1 aliphatic heterocycles. The molecule has 7 heteroatoms. The molecule has 0 radical (unpaired) electrons. The Morgan fingerprint density at radius 1 is 1.00 bits per heavy atom. The third kappa shape index (κ3) is 3.24. The molecule has 2 aromatic carbocycles. The van der Waals surface area contributed by atoms with E-state index in [-0.39, 0.29) is 0 Å². The molecule has 27 heavy (non-hydrogen) atoms. The molecule has 0 bridgehead atoms. The minimum absolute atomic E-state index is 0.331. The Bertz CT molecular complexity index is 1010. The summed E-state index contributed by atoms with van der Waals surface area (Å²) in [6.07, 6.45) is 3.57. The van der Waals surface area contributed by atoms with Crippen LogP contribution in [0.3, 0.4) is 0 Å². The minimum atomic E-state index is 0.331. The van der Waals surface area contributed by atoms with Crippen molar-refractivity contribution in [1.29, 1.82) is 0 Å². The molecule has 1 saturated heterocycles. The van der Waals surface area contributed by atoms with Crippen molar-refractivity contribution in [3.05, 3.63) is 65.4 Å². The van der Waals surface area contributed by atoms with Gasteiger partial charge < -0.3 is 0 Å². The van der Waals surface area contributed by atoms with Gasteiger partial charge in [-0.25, -0.2) is 4.98 Å². The SMILES string of the molecule is c1ccc(-n2nnnc2CN2CCCC[C@H]2c2nc3ccccc3s2)cc1. The van der Waals surface area contributed by atoms with Gasteiger partial charge in [-0.05, 0) is 54.1 Å². The van der Waals surface area contributed by atoms with Crippen LogP contribution < -0.4 is 0 Å². The first kappa shape index (κ1) is 16.5. The predicted octanol–water partition coefficient (Wildman–Crippen LogP) is 4.00. The maximum Gasteiger partial charge on any atom is 0.170 e. The Morgan fingerprint density at radius 3 is 2.74 bits per heavy atom. The Kier molecular flexibility index (Phi) is 4.39. The van der Waals surface area contributed by atoms with Crippen LogP contribution in [0.5, 0.6) is 0 Å². The number of nitrogens with zero attached hydrogens (tertiary/aromatic N) is 6. The fourth-order valence-electron chi connectivity index (χ4n) is 3.75. The molecule has 0 spiro atoms. The van der Waals surface area contributed by atoms with Crippen LogP contribution in [-0.2, 0) is 6.54 Å². The largest absolute Gasteiger partial charge is 0.286 e. The number of tetrazole rings is 1. The lowest BCUT2D eigenvalue weighted by molar-refractivity contribution is 0.135. The average molecular weight is 376 g/mol. The second-order valence-corrected chi connectivity index (χ2v) is 7.91. The summed E-state index contributed by atoms with van der Waals surface area (Å²) in [6, 6.07) is 18.8. The smallest absolute Gasteiger partial charge is 0.170 e. The second kappa shape index (κ2) is 7.17. The highest BCUT2D eigenvalue weighted by Gasteiger charge is 2.28. The average Bonchev–Trinajstić information content (AvgIpc) is 3.36. The van der Waals surface area contributed by atoms with Gasteiger partial charge in [0.2, 0.25) is 0 Å². The second-order valence-electron chi connectivity index (χ2n) is 6.84. The molecule has 1 fully saturated rings. The van der Waals surface area contributed by atoms with E-state index in [1.807, 2.05) is 46.4 Å². The topological polar surface area (TPSA) is 59.7 Å². The zero-order valence-corrected chi connectivity index (χ0v) is 15.7. The molecular weight excluding hydrogens is 356 g/mol. The molecule has 0 amide bonds. The van der Waals surface area contributed by atoms with Crippen LogP contribution >= 0.6 is 11.3 Å². The predicted molar refractivity (Wildman–Crippen MR) is 106 cm³/mol. The van der Waals surface area contributed by atoms with Crippen LogP contribution in [0.1, 0.15) is 36.1 Å². The lowest BCUT2D eigenvalue weighted by atomic mass is 10.0. The van der Waals surface area contributed by atoms with Crippen molar-refractivity contribution in [1.82, 2.24) is 30.1 Å². The number of benzene rings is 2. The third-order valence-corrected chi connectivity index (χ3v) is 6.23. The van der Waals surface area contributed by atoms with Crippen molar-refractivity contribution in [2.45, 2.75) is 31.8 Å². The van der Waals surface area contributed by atoms with Gasteiger partial charge in [0.15, 0.2) is 5.82 Å². The van der Waals surface area contributed by atoms with Gasteiger partial charge in [-0.1, -0.05) is 36.8 Å². The van der Waals surface area contributed by atoms with Crippen molar-refractivity contribution < 1.29 is 0 Å². The molecule has 3 heterocycles. The molecule has 4 aromatic rings. The number of hydrogen-bond acceptors (Lipinski definition) is 6. The van der Waals surface area contributed by atoms with Crippen molar-refractivity contribution in [2.24, 2.45) is 0 Å².